The first-order chi connectivity index (χ1) is 9.19. The van der Waals surface area contributed by atoms with Gasteiger partial charge in [-0.15, -0.1) is 0 Å². The Balaban J connectivity index is 2.63. The third-order valence-electron chi connectivity index (χ3n) is 2.57. The van der Waals surface area contributed by atoms with Crippen LogP contribution in [0.2, 0.25) is 0 Å². The van der Waals surface area contributed by atoms with Crippen molar-refractivity contribution in [1.29, 1.82) is 0 Å². The fraction of sp³-hybridized carbons (Fsp3) is 0.333. The van der Waals surface area contributed by atoms with Crippen LogP contribution < -0.4 is 4.74 Å². The minimum Gasteiger partial charge on any atom is -0.458 e. The minimum absolute atomic E-state index is 0.205. The molecule has 0 aromatic heterocycles. The van der Waals surface area contributed by atoms with Gasteiger partial charge >= 0.3 is 5.97 Å². The molecule has 1 aromatic rings. The van der Waals surface area contributed by atoms with Crippen LogP contribution in [0.15, 0.2) is 35.9 Å². The highest BCUT2D eigenvalue weighted by Gasteiger charge is 2.12. The minimum atomic E-state index is -0.502. The molecule has 0 saturated heterocycles. The van der Waals surface area contributed by atoms with E-state index in [0.29, 0.717) is 0 Å². The molecule has 0 saturated carbocycles. The highest BCUT2D eigenvalue weighted by atomic mass is 16.5. The van der Waals surface area contributed by atoms with E-state index in [2.05, 4.69) is 6.92 Å². The molecule has 0 radical (unpaired) electrons. The number of esters is 1. The summed E-state index contributed by atoms with van der Waals surface area (Å²) in [6.45, 7) is 4.61. The number of benzene rings is 1. The first kappa shape index (κ1) is 15.0. The van der Waals surface area contributed by atoms with Gasteiger partial charge in [0.1, 0.15) is 17.9 Å². The third kappa shape index (κ3) is 4.95. The Morgan fingerprint density at radius 2 is 2.05 bits per heavy atom. The molecule has 0 spiro atoms. The Hall–Kier alpha value is -2.10. The van der Waals surface area contributed by atoms with Crippen molar-refractivity contribution >= 4 is 12.4 Å². The van der Waals surface area contributed by atoms with Crippen molar-refractivity contribution in [3.05, 3.63) is 41.5 Å². The second kappa shape index (κ2) is 8.08. The van der Waals surface area contributed by atoms with Crippen molar-refractivity contribution in [3.8, 4) is 5.75 Å². The molecule has 0 atom stereocenters. The molecular weight excluding hydrogens is 244 g/mol. The van der Waals surface area contributed by atoms with E-state index < -0.39 is 5.97 Å². The van der Waals surface area contributed by atoms with Crippen molar-refractivity contribution in [2.45, 2.75) is 26.7 Å². The van der Waals surface area contributed by atoms with Gasteiger partial charge in [-0.3, -0.25) is 4.79 Å². The third-order valence-corrected chi connectivity index (χ3v) is 2.57. The zero-order chi connectivity index (χ0) is 14.1. The summed E-state index contributed by atoms with van der Waals surface area (Å²) in [7, 11) is 0. The van der Waals surface area contributed by atoms with Crippen LogP contribution in [0.1, 0.15) is 37.0 Å². The molecule has 4 nitrogen and oxygen atoms in total. The largest absolute Gasteiger partial charge is 0.458 e. The molecule has 0 heterocycles. The molecule has 0 aliphatic heterocycles. The number of allylic oxidation sites excluding steroid dienone is 1. The summed E-state index contributed by atoms with van der Waals surface area (Å²) in [4.78, 5) is 22.2. The maximum Gasteiger partial charge on any atom is 0.342 e. The summed E-state index contributed by atoms with van der Waals surface area (Å²) < 4.78 is 9.85. The maximum atomic E-state index is 11.8. The van der Waals surface area contributed by atoms with Crippen molar-refractivity contribution in [2.24, 2.45) is 0 Å². The molecule has 4 heteroatoms. The Bertz CT molecular complexity index is 463. The van der Waals surface area contributed by atoms with Crippen molar-refractivity contribution in [1.82, 2.24) is 0 Å². The molecule has 0 bridgehead atoms. The van der Waals surface area contributed by atoms with Gasteiger partial charge in [0, 0.05) is 0 Å². The number of carbonyl (C=O) groups excluding carboxylic acids is 2. The van der Waals surface area contributed by atoms with Gasteiger partial charge in [0.15, 0.2) is 0 Å². The zero-order valence-corrected chi connectivity index (χ0v) is 11.2. The summed E-state index contributed by atoms with van der Waals surface area (Å²) in [6.07, 6.45) is 3.93. The topological polar surface area (TPSA) is 52.6 Å². The van der Waals surface area contributed by atoms with E-state index in [1.807, 2.05) is 13.0 Å². The SMILES string of the molecule is CCCC(C)=CCOC(=O)c1ccccc1OC=O. The molecule has 1 rings (SSSR count). The average Bonchev–Trinajstić information content (AvgIpc) is 2.40. The van der Waals surface area contributed by atoms with Gasteiger partial charge in [-0.2, -0.15) is 0 Å². The van der Waals surface area contributed by atoms with Crippen LogP contribution in [-0.2, 0) is 9.53 Å². The summed E-state index contributed by atoms with van der Waals surface area (Å²) in [5, 5.41) is 0. The molecule has 0 amide bonds. The summed E-state index contributed by atoms with van der Waals surface area (Å²) in [5.74, 6) is -0.297. The lowest BCUT2D eigenvalue weighted by molar-refractivity contribution is -0.120. The highest BCUT2D eigenvalue weighted by Crippen LogP contribution is 2.18. The normalized spacial score (nSPS) is 10.9. The van der Waals surface area contributed by atoms with E-state index >= 15 is 0 Å². The monoisotopic (exact) mass is 262 g/mol. The first-order valence-electron chi connectivity index (χ1n) is 6.21. The number of hydrogen-bond donors (Lipinski definition) is 0. The number of para-hydroxylation sites is 1. The smallest absolute Gasteiger partial charge is 0.342 e. The van der Waals surface area contributed by atoms with E-state index in [9.17, 15) is 9.59 Å². The van der Waals surface area contributed by atoms with E-state index in [4.69, 9.17) is 9.47 Å². The van der Waals surface area contributed by atoms with Gasteiger partial charge in [0.2, 0.25) is 0 Å². The van der Waals surface area contributed by atoms with Crippen molar-refractivity contribution < 1.29 is 19.1 Å². The predicted molar refractivity (Wildman–Crippen MR) is 72.1 cm³/mol. The Morgan fingerprint density at radius 3 is 2.74 bits per heavy atom. The molecule has 1 aromatic carbocycles. The van der Waals surface area contributed by atoms with E-state index in [-0.39, 0.29) is 24.4 Å². The Labute approximate surface area is 113 Å². The molecular formula is C15H18O4. The van der Waals surface area contributed by atoms with Crippen LogP contribution in [0.3, 0.4) is 0 Å². The number of carbonyl (C=O) groups is 2. The molecule has 0 unspecified atom stereocenters. The van der Waals surface area contributed by atoms with E-state index in [1.54, 1.807) is 24.3 Å². The molecule has 0 fully saturated rings. The summed E-state index contributed by atoms with van der Waals surface area (Å²) in [6, 6.07) is 6.47. The predicted octanol–water partition coefficient (Wildman–Crippen LogP) is 3.13. The molecule has 0 aliphatic rings. The summed E-state index contributed by atoms with van der Waals surface area (Å²) in [5.41, 5.74) is 1.43. The van der Waals surface area contributed by atoms with Gasteiger partial charge in [-0.05, 0) is 31.6 Å². The maximum absolute atomic E-state index is 11.8. The van der Waals surface area contributed by atoms with E-state index in [1.165, 1.54) is 5.57 Å². The fourth-order valence-electron chi connectivity index (χ4n) is 1.62. The molecule has 0 N–H and O–H groups in total. The molecule has 19 heavy (non-hydrogen) atoms. The zero-order valence-electron chi connectivity index (χ0n) is 11.2. The van der Waals surface area contributed by atoms with E-state index in [0.717, 1.165) is 12.8 Å². The average molecular weight is 262 g/mol. The van der Waals surface area contributed by atoms with Gasteiger partial charge < -0.3 is 9.47 Å². The number of ether oxygens (including phenoxy) is 2. The standard InChI is InChI=1S/C15H18O4/c1-3-6-12(2)9-10-18-15(17)13-7-4-5-8-14(13)19-11-16/h4-5,7-9,11H,3,6,10H2,1-2H3. The van der Waals surface area contributed by atoms with Crippen LogP contribution in [0.5, 0.6) is 5.75 Å². The Morgan fingerprint density at radius 1 is 1.32 bits per heavy atom. The fourth-order valence-corrected chi connectivity index (χ4v) is 1.62. The van der Waals surface area contributed by atoms with Crippen molar-refractivity contribution in [3.63, 3.8) is 0 Å². The Kier molecular flexibility index (Phi) is 6.36. The number of rotatable bonds is 7. The van der Waals surface area contributed by atoms with Crippen molar-refractivity contribution in [2.75, 3.05) is 6.61 Å². The lowest BCUT2D eigenvalue weighted by atomic mass is 10.2. The van der Waals surface area contributed by atoms with Gasteiger partial charge in [0.25, 0.3) is 6.47 Å². The second-order valence-corrected chi connectivity index (χ2v) is 4.11. The quantitative estimate of drug-likeness (QED) is 0.430. The lowest BCUT2D eigenvalue weighted by Gasteiger charge is -2.06. The van der Waals surface area contributed by atoms with Crippen LogP contribution in [-0.4, -0.2) is 19.0 Å². The molecule has 102 valence electrons. The van der Waals surface area contributed by atoms with Crippen LogP contribution in [0, 0.1) is 0 Å². The van der Waals surface area contributed by atoms with Crippen LogP contribution in [0.25, 0.3) is 0 Å². The first-order valence-corrected chi connectivity index (χ1v) is 6.21. The van der Waals surface area contributed by atoms with Crippen LogP contribution in [0.4, 0.5) is 0 Å². The lowest BCUT2D eigenvalue weighted by Crippen LogP contribution is -2.07. The highest BCUT2D eigenvalue weighted by molar-refractivity contribution is 5.92. The van der Waals surface area contributed by atoms with Crippen LogP contribution >= 0.6 is 0 Å². The second-order valence-electron chi connectivity index (χ2n) is 4.11. The van der Waals surface area contributed by atoms with Gasteiger partial charge in [-0.25, -0.2) is 4.79 Å². The van der Waals surface area contributed by atoms with Gasteiger partial charge in [0.05, 0.1) is 0 Å². The summed E-state index contributed by atoms with van der Waals surface area (Å²) >= 11 is 0. The number of hydrogen-bond acceptors (Lipinski definition) is 4. The van der Waals surface area contributed by atoms with Gasteiger partial charge in [-0.1, -0.05) is 31.1 Å². The molecule has 0 aliphatic carbocycles.